The predicted molar refractivity (Wildman–Crippen MR) is 75.0 cm³/mol. The smallest absolute Gasteiger partial charge is 0.146 e. The van der Waals surface area contributed by atoms with Crippen LogP contribution in [0.15, 0.2) is 30.3 Å². The Morgan fingerprint density at radius 1 is 1.06 bits per heavy atom. The molecule has 0 aromatic heterocycles. The fraction of sp³-hybridized carbons (Fsp3) is 0.143. The molecule has 0 radical (unpaired) electrons. The molecule has 2 aromatic rings. The van der Waals surface area contributed by atoms with Gasteiger partial charge in [0.25, 0.3) is 0 Å². The standard InChI is InChI=1S/C14H14ClFN2/c1-8-5-12(17)14(6-9(8)2)18-13-7-10(15)3-4-11(13)16/h3-7,18H,17H2,1-2H3. The Labute approximate surface area is 111 Å². The molecule has 0 saturated heterocycles. The molecule has 94 valence electrons. The van der Waals surface area contributed by atoms with Gasteiger partial charge in [-0.25, -0.2) is 4.39 Å². The van der Waals surface area contributed by atoms with E-state index in [9.17, 15) is 4.39 Å². The highest BCUT2D eigenvalue weighted by atomic mass is 35.5. The molecular weight excluding hydrogens is 251 g/mol. The van der Waals surface area contributed by atoms with Crippen molar-refractivity contribution in [1.82, 2.24) is 0 Å². The van der Waals surface area contributed by atoms with Gasteiger partial charge in [0, 0.05) is 5.02 Å². The van der Waals surface area contributed by atoms with Crippen LogP contribution in [0.3, 0.4) is 0 Å². The number of nitrogens with two attached hydrogens (primary N) is 1. The van der Waals surface area contributed by atoms with Gasteiger partial charge in [-0.3, -0.25) is 0 Å². The van der Waals surface area contributed by atoms with E-state index in [-0.39, 0.29) is 5.82 Å². The SMILES string of the molecule is Cc1cc(N)c(Nc2cc(Cl)ccc2F)cc1C. The molecule has 0 fully saturated rings. The molecule has 2 rings (SSSR count). The normalized spacial score (nSPS) is 10.4. The van der Waals surface area contributed by atoms with Crippen molar-refractivity contribution >= 4 is 28.7 Å². The molecule has 0 saturated carbocycles. The van der Waals surface area contributed by atoms with Crippen LogP contribution in [0.5, 0.6) is 0 Å². The monoisotopic (exact) mass is 264 g/mol. The van der Waals surface area contributed by atoms with Crippen LogP contribution in [0.1, 0.15) is 11.1 Å². The number of rotatable bonds is 2. The summed E-state index contributed by atoms with van der Waals surface area (Å²) in [6, 6.07) is 8.12. The number of benzene rings is 2. The van der Waals surface area contributed by atoms with Gasteiger partial charge in [0.2, 0.25) is 0 Å². The lowest BCUT2D eigenvalue weighted by Crippen LogP contribution is -2.00. The van der Waals surface area contributed by atoms with Gasteiger partial charge in [0.15, 0.2) is 0 Å². The highest BCUT2D eigenvalue weighted by Crippen LogP contribution is 2.29. The molecule has 0 spiro atoms. The van der Waals surface area contributed by atoms with Gasteiger partial charge in [-0.15, -0.1) is 0 Å². The fourth-order valence-electron chi connectivity index (χ4n) is 1.69. The summed E-state index contributed by atoms with van der Waals surface area (Å²) in [5, 5.41) is 3.44. The number of nitrogen functional groups attached to an aromatic ring is 1. The Morgan fingerprint density at radius 2 is 1.72 bits per heavy atom. The van der Waals surface area contributed by atoms with Crippen molar-refractivity contribution in [2.45, 2.75) is 13.8 Å². The first-order valence-electron chi connectivity index (χ1n) is 5.56. The second-order valence-electron chi connectivity index (χ2n) is 4.27. The lowest BCUT2D eigenvalue weighted by Gasteiger charge is -2.13. The van der Waals surface area contributed by atoms with Crippen molar-refractivity contribution in [3.05, 3.63) is 52.3 Å². The number of hydrogen-bond donors (Lipinski definition) is 2. The average molecular weight is 265 g/mol. The number of aryl methyl sites for hydroxylation is 2. The lowest BCUT2D eigenvalue weighted by atomic mass is 10.1. The van der Waals surface area contributed by atoms with Gasteiger partial charge in [0.05, 0.1) is 17.1 Å². The van der Waals surface area contributed by atoms with Gasteiger partial charge in [-0.2, -0.15) is 0 Å². The van der Waals surface area contributed by atoms with Crippen LogP contribution >= 0.6 is 11.6 Å². The molecule has 0 unspecified atom stereocenters. The van der Waals surface area contributed by atoms with Crippen LogP contribution in [-0.2, 0) is 0 Å². The Hall–Kier alpha value is -1.74. The third-order valence-corrected chi connectivity index (χ3v) is 3.10. The molecule has 3 N–H and O–H groups in total. The van der Waals surface area contributed by atoms with Crippen LogP contribution in [0.25, 0.3) is 0 Å². The zero-order valence-electron chi connectivity index (χ0n) is 10.2. The Kier molecular flexibility index (Phi) is 3.43. The summed E-state index contributed by atoms with van der Waals surface area (Å²) < 4.78 is 13.6. The maximum atomic E-state index is 13.6. The Balaban J connectivity index is 2.40. The second-order valence-corrected chi connectivity index (χ2v) is 4.71. The van der Waals surface area contributed by atoms with Crippen molar-refractivity contribution in [3.8, 4) is 0 Å². The number of anilines is 3. The van der Waals surface area contributed by atoms with Crippen molar-refractivity contribution in [2.75, 3.05) is 11.1 Å². The third-order valence-electron chi connectivity index (χ3n) is 2.86. The van der Waals surface area contributed by atoms with E-state index in [1.165, 1.54) is 18.2 Å². The molecule has 0 amide bonds. The molecule has 0 aliphatic heterocycles. The number of nitrogens with one attached hydrogen (secondary N) is 1. The van der Waals surface area contributed by atoms with E-state index in [2.05, 4.69) is 5.32 Å². The zero-order valence-corrected chi connectivity index (χ0v) is 11.0. The van der Waals surface area contributed by atoms with E-state index in [0.717, 1.165) is 11.1 Å². The van der Waals surface area contributed by atoms with E-state index in [0.29, 0.717) is 22.1 Å². The van der Waals surface area contributed by atoms with Crippen molar-refractivity contribution in [1.29, 1.82) is 0 Å². The number of hydrogen-bond acceptors (Lipinski definition) is 2. The van der Waals surface area contributed by atoms with Crippen LogP contribution < -0.4 is 11.1 Å². The topological polar surface area (TPSA) is 38.0 Å². The molecular formula is C14H14ClFN2. The summed E-state index contributed by atoms with van der Waals surface area (Å²) in [6.07, 6.45) is 0. The second kappa shape index (κ2) is 4.86. The first-order valence-corrected chi connectivity index (χ1v) is 5.94. The molecule has 4 heteroatoms. The predicted octanol–water partition coefficient (Wildman–Crippen LogP) is 4.42. The zero-order chi connectivity index (χ0) is 13.3. The third kappa shape index (κ3) is 2.57. The summed E-state index contributed by atoms with van der Waals surface area (Å²) in [4.78, 5) is 0. The van der Waals surface area contributed by atoms with E-state index in [4.69, 9.17) is 17.3 Å². The molecule has 0 aliphatic carbocycles. The van der Waals surface area contributed by atoms with Crippen LogP contribution in [0.2, 0.25) is 5.02 Å². The molecule has 0 atom stereocenters. The average Bonchev–Trinajstić information content (AvgIpc) is 2.30. The van der Waals surface area contributed by atoms with E-state index in [1.54, 1.807) is 0 Å². The highest BCUT2D eigenvalue weighted by molar-refractivity contribution is 6.30. The summed E-state index contributed by atoms with van der Waals surface area (Å²) >= 11 is 5.84. The van der Waals surface area contributed by atoms with Gasteiger partial charge >= 0.3 is 0 Å². The Morgan fingerprint density at radius 3 is 2.44 bits per heavy atom. The van der Waals surface area contributed by atoms with E-state index < -0.39 is 0 Å². The first-order chi connectivity index (χ1) is 8.47. The van der Waals surface area contributed by atoms with E-state index in [1.807, 2.05) is 26.0 Å². The molecule has 18 heavy (non-hydrogen) atoms. The number of halogens is 2. The minimum atomic E-state index is -0.364. The first kappa shape index (κ1) is 12.7. The maximum absolute atomic E-state index is 13.6. The summed E-state index contributed by atoms with van der Waals surface area (Å²) in [6.45, 7) is 3.96. The lowest BCUT2D eigenvalue weighted by molar-refractivity contribution is 0.632. The van der Waals surface area contributed by atoms with Gasteiger partial charge in [0.1, 0.15) is 5.82 Å². The molecule has 0 bridgehead atoms. The maximum Gasteiger partial charge on any atom is 0.146 e. The van der Waals surface area contributed by atoms with Gasteiger partial charge in [-0.1, -0.05) is 11.6 Å². The minimum absolute atomic E-state index is 0.317. The minimum Gasteiger partial charge on any atom is -0.397 e. The van der Waals surface area contributed by atoms with Gasteiger partial charge in [-0.05, 0) is 55.3 Å². The van der Waals surface area contributed by atoms with Crippen LogP contribution in [-0.4, -0.2) is 0 Å². The highest BCUT2D eigenvalue weighted by Gasteiger charge is 2.07. The Bertz CT molecular complexity index is 597. The fourth-order valence-corrected chi connectivity index (χ4v) is 1.86. The molecule has 0 heterocycles. The molecule has 0 aliphatic rings. The summed E-state index contributed by atoms with van der Waals surface area (Å²) in [5.41, 5.74) is 9.68. The summed E-state index contributed by atoms with van der Waals surface area (Å²) in [7, 11) is 0. The molecule has 2 aromatic carbocycles. The molecule has 2 nitrogen and oxygen atoms in total. The van der Waals surface area contributed by atoms with Crippen molar-refractivity contribution in [3.63, 3.8) is 0 Å². The van der Waals surface area contributed by atoms with Crippen LogP contribution in [0.4, 0.5) is 21.5 Å². The van der Waals surface area contributed by atoms with Crippen molar-refractivity contribution in [2.24, 2.45) is 0 Å². The van der Waals surface area contributed by atoms with Crippen molar-refractivity contribution < 1.29 is 4.39 Å². The quantitative estimate of drug-likeness (QED) is 0.788. The van der Waals surface area contributed by atoms with Gasteiger partial charge < -0.3 is 11.1 Å². The van der Waals surface area contributed by atoms with E-state index >= 15 is 0 Å². The van der Waals surface area contributed by atoms with Crippen LogP contribution in [0, 0.1) is 19.7 Å². The summed E-state index contributed by atoms with van der Waals surface area (Å²) in [5.74, 6) is -0.364. The largest absolute Gasteiger partial charge is 0.397 e.